The molecule has 1 amide bonds. The van der Waals surface area contributed by atoms with Crippen LogP contribution < -0.4 is 5.32 Å². The van der Waals surface area contributed by atoms with Gasteiger partial charge in [0.1, 0.15) is 6.10 Å². The average molecular weight is 388 g/mol. The van der Waals surface area contributed by atoms with Crippen LogP contribution >= 0.6 is 11.6 Å². The van der Waals surface area contributed by atoms with Gasteiger partial charge in [-0.05, 0) is 46.7 Å². The first-order valence-electron chi connectivity index (χ1n) is 8.94. The van der Waals surface area contributed by atoms with E-state index < -0.39 is 6.10 Å². The van der Waals surface area contributed by atoms with E-state index in [-0.39, 0.29) is 5.91 Å². The van der Waals surface area contributed by atoms with Crippen molar-refractivity contribution in [3.05, 3.63) is 113 Å². The van der Waals surface area contributed by atoms with Crippen molar-refractivity contribution in [3.63, 3.8) is 0 Å². The lowest BCUT2D eigenvalue weighted by molar-refractivity contribution is 0.102. The largest absolute Gasteiger partial charge is 0.384 e. The summed E-state index contributed by atoms with van der Waals surface area (Å²) >= 11 is 6.14. The first-order valence-corrected chi connectivity index (χ1v) is 9.32. The lowest BCUT2D eigenvalue weighted by atomic mass is 9.99. The van der Waals surface area contributed by atoms with E-state index in [4.69, 9.17) is 11.6 Å². The monoisotopic (exact) mass is 387 g/mol. The molecule has 0 aromatic heterocycles. The molecule has 0 aliphatic carbocycles. The summed E-state index contributed by atoms with van der Waals surface area (Å²) in [6.07, 6.45) is -0.896. The number of anilines is 1. The summed E-state index contributed by atoms with van der Waals surface area (Å²) in [5.74, 6) is -0.241. The molecule has 0 fully saturated rings. The molecule has 0 saturated carbocycles. The van der Waals surface area contributed by atoms with Gasteiger partial charge < -0.3 is 10.4 Å². The van der Waals surface area contributed by atoms with Gasteiger partial charge in [-0.1, -0.05) is 72.3 Å². The molecule has 4 aromatic rings. The fraction of sp³-hybridized carbons (Fsp3) is 0.0417. The molecular formula is C24H18ClNO2. The third-order valence-electron chi connectivity index (χ3n) is 4.68. The number of carbonyl (C=O) groups excluding carboxylic acids is 1. The number of carbonyl (C=O) groups is 1. The Kier molecular flexibility index (Phi) is 5.11. The van der Waals surface area contributed by atoms with Crippen molar-refractivity contribution < 1.29 is 9.90 Å². The van der Waals surface area contributed by atoms with E-state index >= 15 is 0 Å². The predicted molar refractivity (Wildman–Crippen MR) is 114 cm³/mol. The Labute approximate surface area is 168 Å². The van der Waals surface area contributed by atoms with Crippen molar-refractivity contribution in [2.45, 2.75) is 6.10 Å². The van der Waals surface area contributed by atoms with Crippen molar-refractivity contribution in [2.24, 2.45) is 0 Å². The number of hydrogen-bond donors (Lipinski definition) is 2. The minimum Gasteiger partial charge on any atom is -0.384 e. The van der Waals surface area contributed by atoms with E-state index in [9.17, 15) is 9.90 Å². The van der Waals surface area contributed by atoms with Crippen LogP contribution in [0, 0.1) is 0 Å². The Bertz CT molecular complexity index is 1140. The van der Waals surface area contributed by atoms with Crippen LogP contribution in [0.3, 0.4) is 0 Å². The first-order chi connectivity index (χ1) is 13.6. The number of benzene rings is 4. The molecular weight excluding hydrogens is 370 g/mol. The summed E-state index contributed by atoms with van der Waals surface area (Å²) in [5, 5.41) is 16.3. The van der Waals surface area contributed by atoms with E-state index in [1.807, 2.05) is 66.7 Å². The van der Waals surface area contributed by atoms with Gasteiger partial charge in [-0.2, -0.15) is 0 Å². The second-order valence-corrected chi connectivity index (χ2v) is 7.00. The van der Waals surface area contributed by atoms with Crippen LogP contribution in [0.25, 0.3) is 10.8 Å². The number of aliphatic hydroxyl groups excluding tert-OH is 1. The summed E-state index contributed by atoms with van der Waals surface area (Å²) in [4.78, 5) is 12.8. The molecule has 1 atom stereocenters. The van der Waals surface area contributed by atoms with Crippen molar-refractivity contribution in [3.8, 4) is 0 Å². The van der Waals surface area contributed by atoms with Crippen LogP contribution in [-0.2, 0) is 0 Å². The van der Waals surface area contributed by atoms with Gasteiger partial charge >= 0.3 is 0 Å². The molecule has 2 N–H and O–H groups in total. The lowest BCUT2D eigenvalue weighted by Gasteiger charge is -2.17. The molecule has 0 saturated heterocycles. The molecule has 0 heterocycles. The van der Waals surface area contributed by atoms with Gasteiger partial charge in [-0.25, -0.2) is 0 Å². The summed E-state index contributed by atoms with van der Waals surface area (Å²) in [7, 11) is 0. The standard InChI is InChI=1S/C24H18ClNO2/c25-20-12-13-22(21(15-20)23(27)17-7-2-1-3-8-17)26-24(28)19-11-10-16-6-4-5-9-18(16)14-19/h1-15,23,27H,(H,26,28)/t23-/m1/s1. The Hall–Kier alpha value is -3.14. The SMILES string of the molecule is O=C(Nc1ccc(Cl)cc1[C@H](O)c1ccccc1)c1ccc2ccccc2c1. The maximum atomic E-state index is 12.8. The second kappa shape index (κ2) is 7.85. The van der Waals surface area contributed by atoms with E-state index in [2.05, 4.69) is 5.32 Å². The first kappa shape index (κ1) is 18.2. The molecule has 28 heavy (non-hydrogen) atoms. The van der Waals surface area contributed by atoms with Crippen molar-refractivity contribution >= 4 is 34.0 Å². The number of fused-ring (bicyclic) bond motifs is 1. The Balaban J connectivity index is 1.66. The third kappa shape index (κ3) is 3.77. The lowest BCUT2D eigenvalue weighted by Crippen LogP contribution is -2.14. The van der Waals surface area contributed by atoms with Gasteiger partial charge in [0.25, 0.3) is 5.91 Å². The highest BCUT2D eigenvalue weighted by atomic mass is 35.5. The van der Waals surface area contributed by atoms with Gasteiger partial charge in [0, 0.05) is 21.8 Å². The zero-order valence-corrected chi connectivity index (χ0v) is 15.7. The van der Waals surface area contributed by atoms with E-state index in [0.717, 1.165) is 16.3 Å². The van der Waals surface area contributed by atoms with Crippen LogP contribution in [0.5, 0.6) is 0 Å². The van der Waals surface area contributed by atoms with E-state index in [1.165, 1.54) is 0 Å². The normalized spacial score (nSPS) is 11.9. The number of amides is 1. The molecule has 0 bridgehead atoms. The van der Waals surface area contributed by atoms with Gasteiger partial charge in [0.15, 0.2) is 0 Å². The topological polar surface area (TPSA) is 49.3 Å². The zero-order valence-electron chi connectivity index (χ0n) is 15.0. The smallest absolute Gasteiger partial charge is 0.255 e. The van der Waals surface area contributed by atoms with Crippen LogP contribution in [0.2, 0.25) is 5.02 Å². The Morgan fingerprint density at radius 3 is 2.32 bits per heavy atom. The van der Waals surface area contributed by atoms with E-state index in [1.54, 1.807) is 24.3 Å². The van der Waals surface area contributed by atoms with Crippen molar-refractivity contribution in [1.82, 2.24) is 0 Å². The molecule has 4 rings (SSSR count). The highest BCUT2D eigenvalue weighted by Crippen LogP contribution is 2.31. The number of nitrogens with one attached hydrogen (secondary N) is 1. The Morgan fingerprint density at radius 1 is 0.821 bits per heavy atom. The van der Waals surface area contributed by atoms with Gasteiger partial charge in [0.2, 0.25) is 0 Å². The fourth-order valence-corrected chi connectivity index (χ4v) is 3.39. The van der Waals surface area contributed by atoms with Crippen LogP contribution in [0.1, 0.15) is 27.6 Å². The molecule has 4 aromatic carbocycles. The van der Waals surface area contributed by atoms with Crippen molar-refractivity contribution in [2.75, 3.05) is 5.32 Å². The quantitative estimate of drug-likeness (QED) is 0.463. The summed E-state index contributed by atoms with van der Waals surface area (Å²) in [5.41, 5.74) is 2.35. The van der Waals surface area contributed by atoms with Gasteiger partial charge in [-0.15, -0.1) is 0 Å². The summed E-state index contributed by atoms with van der Waals surface area (Å²) < 4.78 is 0. The molecule has 4 heteroatoms. The highest BCUT2D eigenvalue weighted by Gasteiger charge is 2.17. The molecule has 0 spiro atoms. The number of rotatable bonds is 4. The van der Waals surface area contributed by atoms with Gasteiger partial charge in [-0.3, -0.25) is 4.79 Å². The number of aliphatic hydroxyl groups is 1. The van der Waals surface area contributed by atoms with Crippen LogP contribution in [0.4, 0.5) is 5.69 Å². The molecule has 3 nitrogen and oxygen atoms in total. The molecule has 0 aliphatic heterocycles. The fourth-order valence-electron chi connectivity index (χ4n) is 3.21. The predicted octanol–water partition coefficient (Wildman–Crippen LogP) is 5.83. The molecule has 0 aliphatic rings. The second-order valence-electron chi connectivity index (χ2n) is 6.56. The van der Waals surface area contributed by atoms with Gasteiger partial charge in [0.05, 0.1) is 0 Å². The van der Waals surface area contributed by atoms with Crippen LogP contribution in [0.15, 0.2) is 91.0 Å². The number of halogens is 1. The van der Waals surface area contributed by atoms with Crippen LogP contribution in [-0.4, -0.2) is 11.0 Å². The highest BCUT2D eigenvalue weighted by molar-refractivity contribution is 6.30. The number of hydrogen-bond acceptors (Lipinski definition) is 2. The minimum absolute atomic E-state index is 0.241. The summed E-state index contributed by atoms with van der Waals surface area (Å²) in [6, 6.07) is 27.8. The molecule has 0 unspecified atom stereocenters. The molecule has 0 radical (unpaired) electrons. The molecule has 138 valence electrons. The Morgan fingerprint density at radius 2 is 1.54 bits per heavy atom. The zero-order chi connectivity index (χ0) is 19.5. The average Bonchev–Trinajstić information content (AvgIpc) is 2.74. The minimum atomic E-state index is -0.896. The maximum Gasteiger partial charge on any atom is 0.255 e. The van der Waals surface area contributed by atoms with E-state index in [0.29, 0.717) is 21.8 Å². The maximum absolute atomic E-state index is 12.8. The summed E-state index contributed by atoms with van der Waals surface area (Å²) in [6.45, 7) is 0. The third-order valence-corrected chi connectivity index (χ3v) is 4.92. The van der Waals surface area contributed by atoms with Crippen molar-refractivity contribution in [1.29, 1.82) is 0 Å².